The summed E-state index contributed by atoms with van der Waals surface area (Å²) in [6.45, 7) is 0.744. The molecule has 1 fully saturated rings. The van der Waals surface area contributed by atoms with E-state index in [1.165, 1.54) is 12.8 Å². The summed E-state index contributed by atoms with van der Waals surface area (Å²) in [5, 5.41) is 22.3. The van der Waals surface area contributed by atoms with Crippen LogP contribution in [0.1, 0.15) is 38.5 Å². The summed E-state index contributed by atoms with van der Waals surface area (Å²) in [7, 11) is 1.66. The van der Waals surface area contributed by atoms with Crippen molar-refractivity contribution in [3.05, 3.63) is 0 Å². The van der Waals surface area contributed by atoms with Gasteiger partial charge in [-0.15, -0.1) is 0 Å². The third-order valence-electron chi connectivity index (χ3n) is 3.27. The zero-order valence-electron chi connectivity index (χ0n) is 10.2. The van der Waals surface area contributed by atoms with Crippen molar-refractivity contribution in [3.63, 3.8) is 0 Å². The van der Waals surface area contributed by atoms with Crippen LogP contribution in [0.4, 0.5) is 0 Å². The second kappa shape index (κ2) is 8.01. The summed E-state index contributed by atoms with van der Waals surface area (Å²) in [4.78, 5) is 0. The molecule has 0 saturated heterocycles. The Balaban J connectivity index is 2.40. The van der Waals surface area contributed by atoms with Crippen molar-refractivity contribution >= 4 is 0 Å². The van der Waals surface area contributed by atoms with Crippen LogP contribution in [0.2, 0.25) is 0 Å². The monoisotopic (exact) mass is 231 g/mol. The van der Waals surface area contributed by atoms with Crippen LogP contribution in [-0.2, 0) is 4.74 Å². The molecule has 0 bridgehead atoms. The molecule has 0 radical (unpaired) electrons. The predicted molar refractivity (Wildman–Crippen MR) is 63.4 cm³/mol. The SMILES string of the molecule is COCC(CCO)NC1CCCCCC1O. The zero-order chi connectivity index (χ0) is 11.8. The van der Waals surface area contributed by atoms with Crippen LogP contribution in [0.3, 0.4) is 0 Å². The summed E-state index contributed by atoms with van der Waals surface area (Å²) in [6.07, 6.45) is 5.84. The second-order valence-corrected chi connectivity index (χ2v) is 4.64. The van der Waals surface area contributed by atoms with Gasteiger partial charge in [-0.05, 0) is 19.3 Å². The maximum Gasteiger partial charge on any atom is 0.0693 e. The number of ether oxygens (including phenoxy) is 1. The van der Waals surface area contributed by atoms with Gasteiger partial charge >= 0.3 is 0 Å². The van der Waals surface area contributed by atoms with Crippen molar-refractivity contribution in [2.75, 3.05) is 20.3 Å². The van der Waals surface area contributed by atoms with Crippen LogP contribution in [0.15, 0.2) is 0 Å². The normalized spacial score (nSPS) is 28.7. The molecule has 1 aliphatic carbocycles. The van der Waals surface area contributed by atoms with E-state index in [9.17, 15) is 5.11 Å². The Labute approximate surface area is 98.0 Å². The van der Waals surface area contributed by atoms with Crippen LogP contribution in [0.5, 0.6) is 0 Å². The molecule has 0 aromatic heterocycles. The fourth-order valence-electron chi connectivity index (χ4n) is 2.36. The van der Waals surface area contributed by atoms with E-state index in [1.807, 2.05) is 0 Å². The molecule has 0 aromatic carbocycles. The number of aliphatic hydroxyl groups is 2. The highest BCUT2D eigenvalue weighted by Gasteiger charge is 2.23. The molecule has 3 N–H and O–H groups in total. The van der Waals surface area contributed by atoms with Gasteiger partial charge in [-0.3, -0.25) is 0 Å². The molecule has 0 spiro atoms. The molecule has 0 aliphatic heterocycles. The first-order valence-corrected chi connectivity index (χ1v) is 6.32. The molecule has 16 heavy (non-hydrogen) atoms. The Hall–Kier alpha value is -0.160. The molecule has 0 aromatic rings. The van der Waals surface area contributed by atoms with Crippen LogP contribution in [0.25, 0.3) is 0 Å². The first kappa shape index (κ1) is 13.9. The lowest BCUT2D eigenvalue weighted by Gasteiger charge is -2.27. The van der Waals surface area contributed by atoms with Crippen molar-refractivity contribution < 1.29 is 14.9 Å². The Kier molecular flexibility index (Phi) is 6.96. The average molecular weight is 231 g/mol. The number of aliphatic hydroxyl groups excluding tert-OH is 2. The summed E-state index contributed by atoms with van der Waals surface area (Å²) < 4.78 is 5.11. The second-order valence-electron chi connectivity index (χ2n) is 4.64. The van der Waals surface area contributed by atoms with E-state index in [0.29, 0.717) is 13.0 Å². The molecule has 3 unspecified atom stereocenters. The van der Waals surface area contributed by atoms with Gasteiger partial charge in [-0.2, -0.15) is 0 Å². The quantitative estimate of drug-likeness (QED) is 0.588. The lowest BCUT2D eigenvalue weighted by Crippen LogP contribution is -2.47. The standard InChI is InChI=1S/C12H25NO3/c1-16-9-10(7-8-14)13-11-5-3-2-4-6-12(11)15/h10-15H,2-9H2,1H3. The van der Waals surface area contributed by atoms with Gasteiger partial charge in [0.25, 0.3) is 0 Å². The molecule has 1 saturated carbocycles. The minimum Gasteiger partial charge on any atom is -0.396 e. The average Bonchev–Trinajstić information content (AvgIpc) is 2.45. The van der Waals surface area contributed by atoms with Gasteiger partial charge in [0.2, 0.25) is 0 Å². The Morgan fingerprint density at radius 1 is 1.31 bits per heavy atom. The molecule has 1 aliphatic rings. The summed E-state index contributed by atoms with van der Waals surface area (Å²) in [6, 6.07) is 0.307. The summed E-state index contributed by atoms with van der Waals surface area (Å²) >= 11 is 0. The van der Waals surface area contributed by atoms with Gasteiger partial charge in [0.1, 0.15) is 0 Å². The number of hydrogen-bond donors (Lipinski definition) is 3. The van der Waals surface area contributed by atoms with Crippen molar-refractivity contribution in [1.82, 2.24) is 5.32 Å². The molecule has 0 heterocycles. The maximum absolute atomic E-state index is 9.97. The van der Waals surface area contributed by atoms with E-state index in [4.69, 9.17) is 9.84 Å². The fraction of sp³-hybridized carbons (Fsp3) is 1.00. The number of rotatable bonds is 6. The smallest absolute Gasteiger partial charge is 0.0693 e. The molecular formula is C12H25NO3. The minimum absolute atomic E-state index is 0.146. The highest BCUT2D eigenvalue weighted by atomic mass is 16.5. The highest BCUT2D eigenvalue weighted by Crippen LogP contribution is 2.18. The van der Waals surface area contributed by atoms with E-state index in [0.717, 1.165) is 19.3 Å². The topological polar surface area (TPSA) is 61.7 Å². The third kappa shape index (κ3) is 4.78. The number of methoxy groups -OCH3 is 1. The van der Waals surface area contributed by atoms with Crippen molar-refractivity contribution in [2.24, 2.45) is 0 Å². The molecule has 1 rings (SSSR count). The van der Waals surface area contributed by atoms with E-state index in [2.05, 4.69) is 5.32 Å². The zero-order valence-corrected chi connectivity index (χ0v) is 10.2. The molecule has 0 amide bonds. The van der Waals surface area contributed by atoms with E-state index < -0.39 is 0 Å². The van der Waals surface area contributed by atoms with Gasteiger partial charge in [0.15, 0.2) is 0 Å². The number of nitrogens with one attached hydrogen (secondary N) is 1. The number of hydrogen-bond acceptors (Lipinski definition) is 4. The molecule has 3 atom stereocenters. The third-order valence-corrected chi connectivity index (χ3v) is 3.27. The minimum atomic E-state index is -0.249. The van der Waals surface area contributed by atoms with Gasteiger partial charge in [-0.25, -0.2) is 0 Å². The summed E-state index contributed by atoms with van der Waals surface area (Å²) in [5.41, 5.74) is 0. The Morgan fingerprint density at radius 3 is 2.75 bits per heavy atom. The van der Waals surface area contributed by atoms with E-state index in [-0.39, 0.29) is 24.8 Å². The Morgan fingerprint density at radius 2 is 2.06 bits per heavy atom. The van der Waals surface area contributed by atoms with Gasteiger partial charge < -0.3 is 20.3 Å². The predicted octanol–water partition coefficient (Wildman–Crippen LogP) is 0.667. The van der Waals surface area contributed by atoms with Crippen LogP contribution in [-0.4, -0.2) is 48.7 Å². The fourth-order valence-corrected chi connectivity index (χ4v) is 2.36. The first-order valence-electron chi connectivity index (χ1n) is 6.32. The van der Waals surface area contributed by atoms with E-state index in [1.54, 1.807) is 7.11 Å². The van der Waals surface area contributed by atoms with Gasteiger partial charge in [0.05, 0.1) is 12.7 Å². The molecular weight excluding hydrogens is 206 g/mol. The van der Waals surface area contributed by atoms with Gasteiger partial charge in [0, 0.05) is 25.8 Å². The summed E-state index contributed by atoms with van der Waals surface area (Å²) in [5.74, 6) is 0. The van der Waals surface area contributed by atoms with Gasteiger partial charge in [-0.1, -0.05) is 19.3 Å². The maximum atomic E-state index is 9.97. The van der Waals surface area contributed by atoms with E-state index >= 15 is 0 Å². The van der Waals surface area contributed by atoms with Crippen LogP contribution < -0.4 is 5.32 Å². The van der Waals surface area contributed by atoms with Crippen molar-refractivity contribution in [1.29, 1.82) is 0 Å². The van der Waals surface area contributed by atoms with Crippen LogP contribution >= 0.6 is 0 Å². The lowest BCUT2D eigenvalue weighted by molar-refractivity contribution is 0.0897. The first-order chi connectivity index (χ1) is 7.77. The largest absolute Gasteiger partial charge is 0.396 e. The van der Waals surface area contributed by atoms with Crippen LogP contribution in [0, 0.1) is 0 Å². The van der Waals surface area contributed by atoms with Crippen molar-refractivity contribution in [2.45, 2.75) is 56.7 Å². The molecule has 96 valence electrons. The Bertz CT molecular complexity index is 172. The van der Waals surface area contributed by atoms with Crippen molar-refractivity contribution in [3.8, 4) is 0 Å². The molecule has 4 nitrogen and oxygen atoms in total. The molecule has 4 heteroatoms. The highest BCUT2D eigenvalue weighted by molar-refractivity contribution is 4.82. The lowest BCUT2D eigenvalue weighted by atomic mass is 10.0.